The molecule has 2 aromatic rings. The number of hydrogen-bond donors (Lipinski definition) is 2. The van der Waals surface area contributed by atoms with Crippen molar-refractivity contribution in [1.29, 1.82) is 0 Å². The molecule has 0 bridgehead atoms. The summed E-state index contributed by atoms with van der Waals surface area (Å²) in [7, 11) is 4.47. The van der Waals surface area contributed by atoms with E-state index in [4.69, 9.17) is 14.2 Å². The van der Waals surface area contributed by atoms with E-state index in [-0.39, 0.29) is 6.42 Å². The van der Waals surface area contributed by atoms with Gasteiger partial charge in [-0.1, -0.05) is 17.7 Å². The number of rotatable bonds is 7. The summed E-state index contributed by atoms with van der Waals surface area (Å²) >= 11 is 0. The van der Waals surface area contributed by atoms with Crippen LogP contribution in [0.1, 0.15) is 17.5 Å². The highest BCUT2D eigenvalue weighted by Crippen LogP contribution is 2.39. The molecule has 0 atom stereocenters. The normalized spacial score (nSPS) is 10.1. The Labute approximate surface area is 158 Å². The molecule has 0 aliphatic heterocycles. The van der Waals surface area contributed by atoms with Crippen molar-refractivity contribution in [3.8, 4) is 17.2 Å². The number of hydrogen-bond acceptors (Lipinski definition) is 5. The molecule has 0 fully saturated rings. The van der Waals surface area contributed by atoms with Gasteiger partial charge in [0, 0.05) is 23.5 Å². The molecule has 0 aromatic heterocycles. The van der Waals surface area contributed by atoms with E-state index in [1.165, 1.54) is 21.3 Å². The highest BCUT2D eigenvalue weighted by atomic mass is 16.5. The largest absolute Gasteiger partial charge is 0.493 e. The topological polar surface area (TPSA) is 85.9 Å². The maximum Gasteiger partial charge on any atom is 0.233 e. The van der Waals surface area contributed by atoms with Gasteiger partial charge in [0.05, 0.1) is 21.3 Å². The summed E-state index contributed by atoms with van der Waals surface area (Å²) in [5.74, 6) is 0.391. The Balaban J connectivity index is 2.05. The molecule has 7 heteroatoms. The van der Waals surface area contributed by atoms with Gasteiger partial charge in [0.25, 0.3) is 0 Å². The molecule has 7 nitrogen and oxygen atoms in total. The number of carbonyl (C=O) groups excluding carboxylic acids is 2. The number of ether oxygens (including phenoxy) is 3. The molecule has 27 heavy (non-hydrogen) atoms. The molecule has 0 radical (unpaired) electrons. The number of carbonyl (C=O) groups is 2. The summed E-state index contributed by atoms with van der Waals surface area (Å²) in [6.45, 7) is 3.88. The van der Waals surface area contributed by atoms with Gasteiger partial charge in [0.1, 0.15) is 6.42 Å². The standard InChI is InChI=1S/C20H24N2O5/c1-12-6-7-15(13(2)8-12)22-19(24)11-18(23)21-14-9-16(25-3)20(27-5)17(10-14)26-4/h6-10H,11H2,1-5H3,(H,21,23)(H,22,24). The minimum Gasteiger partial charge on any atom is -0.493 e. The van der Waals surface area contributed by atoms with E-state index < -0.39 is 11.8 Å². The molecule has 2 rings (SSSR count). The summed E-state index contributed by atoms with van der Waals surface area (Å²) in [5.41, 5.74) is 3.17. The second-order valence-electron chi connectivity index (χ2n) is 6.01. The monoisotopic (exact) mass is 372 g/mol. The average Bonchev–Trinajstić information content (AvgIpc) is 2.62. The fraction of sp³-hybridized carbons (Fsp3) is 0.300. The molecule has 2 aromatic carbocycles. The maximum atomic E-state index is 12.2. The second-order valence-corrected chi connectivity index (χ2v) is 6.01. The van der Waals surface area contributed by atoms with Gasteiger partial charge in [0.2, 0.25) is 17.6 Å². The van der Waals surface area contributed by atoms with E-state index in [0.717, 1.165) is 11.1 Å². The van der Waals surface area contributed by atoms with Crippen LogP contribution in [0.2, 0.25) is 0 Å². The van der Waals surface area contributed by atoms with Crippen molar-refractivity contribution < 1.29 is 23.8 Å². The average molecular weight is 372 g/mol. The van der Waals surface area contributed by atoms with Gasteiger partial charge in [-0.05, 0) is 25.5 Å². The van der Waals surface area contributed by atoms with Gasteiger partial charge in [0.15, 0.2) is 11.5 Å². The lowest BCUT2D eigenvalue weighted by Crippen LogP contribution is -2.21. The molecule has 144 valence electrons. The Morgan fingerprint density at radius 2 is 1.44 bits per heavy atom. The minimum absolute atomic E-state index is 0.315. The van der Waals surface area contributed by atoms with Crippen LogP contribution in [0.15, 0.2) is 30.3 Å². The lowest BCUT2D eigenvalue weighted by atomic mass is 10.1. The zero-order chi connectivity index (χ0) is 20.0. The van der Waals surface area contributed by atoms with Gasteiger partial charge in [-0.2, -0.15) is 0 Å². The van der Waals surface area contributed by atoms with Crippen molar-refractivity contribution in [1.82, 2.24) is 0 Å². The van der Waals surface area contributed by atoms with Crippen molar-refractivity contribution >= 4 is 23.2 Å². The number of anilines is 2. The van der Waals surface area contributed by atoms with Crippen LogP contribution >= 0.6 is 0 Å². The van der Waals surface area contributed by atoms with E-state index in [1.54, 1.807) is 12.1 Å². The summed E-state index contributed by atoms with van der Waals surface area (Å²) in [4.78, 5) is 24.4. The molecule has 0 unspecified atom stereocenters. The smallest absolute Gasteiger partial charge is 0.233 e. The quantitative estimate of drug-likeness (QED) is 0.729. The maximum absolute atomic E-state index is 12.2. The van der Waals surface area contributed by atoms with Gasteiger partial charge in [-0.25, -0.2) is 0 Å². The third kappa shape index (κ3) is 5.13. The first-order valence-corrected chi connectivity index (χ1v) is 8.35. The zero-order valence-corrected chi connectivity index (χ0v) is 16.1. The van der Waals surface area contributed by atoms with Crippen molar-refractivity contribution in [3.05, 3.63) is 41.5 Å². The first kappa shape index (κ1) is 20.1. The second kappa shape index (κ2) is 8.93. The van der Waals surface area contributed by atoms with Crippen LogP contribution in [0, 0.1) is 13.8 Å². The predicted octanol–water partition coefficient (Wildman–Crippen LogP) is 3.30. The van der Waals surface area contributed by atoms with Crippen LogP contribution in [0.4, 0.5) is 11.4 Å². The SMILES string of the molecule is COc1cc(NC(=O)CC(=O)Nc2ccc(C)cc2C)cc(OC)c1OC. The number of amides is 2. The summed E-state index contributed by atoms with van der Waals surface area (Å²) in [5, 5.41) is 5.42. The highest BCUT2D eigenvalue weighted by Gasteiger charge is 2.16. The summed E-state index contributed by atoms with van der Waals surface area (Å²) in [6, 6.07) is 8.88. The molecule has 0 heterocycles. The Hall–Kier alpha value is -3.22. The highest BCUT2D eigenvalue weighted by molar-refractivity contribution is 6.08. The molecule has 0 aliphatic rings. The van der Waals surface area contributed by atoms with E-state index >= 15 is 0 Å². The predicted molar refractivity (Wildman–Crippen MR) is 104 cm³/mol. The van der Waals surface area contributed by atoms with Gasteiger partial charge < -0.3 is 24.8 Å². The van der Waals surface area contributed by atoms with Crippen LogP contribution < -0.4 is 24.8 Å². The van der Waals surface area contributed by atoms with Crippen LogP contribution in [0.3, 0.4) is 0 Å². The third-order valence-electron chi connectivity index (χ3n) is 3.93. The number of aryl methyl sites for hydroxylation is 2. The lowest BCUT2D eigenvalue weighted by Gasteiger charge is -2.14. The van der Waals surface area contributed by atoms with Crippen LogP contribution in [-0.2, 0) is 9.59 Å². The molecule has 0 spiro atoms. The van der Waals surface area contributed by atoms with Crippen molar-refractivity contribution in [2.45, 2.75) is 20.3 Å². The molecule has 0 saturated carbocycles. The molecule has 0 saturated heterocycles. The van der Waals surface area contributed by atoms with Crippen LogP contribution in [-0.4, -0.2) is 33.1 Å². The van der Waals surface area contributed by atoms with E-state index in [2.05, 4.69) is 10.6 Å². The zero-order valence-electron chi connectivity index (χ0n) is 16.1. The fourth-order valence-electron chi connectivity index (χ4n) is 2.65. The molecule has 0 aliphatic carbocycles. The molecule has 2 N–H and O–H groups in total. The van der Waals surface area contributed by atoms with E-state index in [1.807, 2.05) is 32.0 Å². The van der Waals surface area contributed by atoms with Crippen molar-refractivity contribution in [2.75, 3.05) is 32.0 Å². The Morgan fingerprint density at radius 1 is 0.852 bits per heavy atom. The number of nitrogens with one attached hydrogen (secondary N) is 2. The Bertz CT molecular complexity index is 823. The number of methoxy groups -OCH3 is 3. The van der Waals surface area contributed by atoms with Gasteiger partial charge >= 0.3 is 0 Å². The molecular weight excluding hydrogens is 348 g/mol. The van der Waals surface area contributed by atoms with Crippen molar-refractivity contribution in [3.63, 3.8) is 0 Å². The van der Waals surface area contributed by atoms with Gasteiger partial charge in [-0.3, -0.25) is 9.59 Å². The first-order valence-electron chi connectivity index (χ1n) is 8.35. The van der Waals surface area contributed by atoms with E-state index in [0.29, 0.717) is 28.6 Å². The Morgan fingerprint density at radius 3 is 1.96 bits per heavy atom. The number of benzene rings is 2. The first-order chi connectivity index (χ1) is 12.9. The van der Waals surface area contributed by atoms with E-state index in [9.17, 15) is 9.59 Å². The van der Waals surface area contributed by atoms with Crippen LogP contribution in [0.5, 0.6) is 17.2 Å². The van der Waals surface area contributed by atoms with Crippen molar-refractivity contribution in [2.24, 2.45) is 0 Å². The summed E-state index contributed by atoms with van der Waals surface area (Å²) < 4.78 is 15.7. The lowest BCUT2D eigenvalue weighted by molar-refractivity contribution is -0.123. The fourth-order valence-corrected chi connectivity index (χ4v) is 2.65. The third-order valence-corrected chi connectivity index (χ3v) is 3.93. The molecular formula is C20H24N2O5. The molecule has 2 amide bonds. The minimum atomic E-state index is -0.452. The van der Waals surface area contributed by atoms with Crippen LogP contribution in [0.25, 0.3) is 0 Å². The summed E-state index contributed by atoms with van der Waals surface area (Å²) in [6.07, 6.45) is -0.315. The van der Waals surface area contributed by atoms with Gasteiger partial charge in [-0.15, -0.1) is 0 Å². The Kier molecular flexibility index (Phi) is 6.65.